The summed E-state index contributed by atoms with van der Waals surface area (Å²) < 4.78 is 0.997. The number of hydrogen-bond acceptors (Lipinski definition) is 5. The normalized spacial score (nSPS) is 11.4. The number of carbonyl (C=O) groups excluding carboxylic acids is 2. The van der Waals surface area contributed by atoms with Gasteiger partial charge in [-0.3, -0.25) is 4.79 Å². The monoisotopic (exact) mass is 614 g/mol. The standard InChI is InChI=1S/C30H23BrN4O2S2/c31-22-13-11-20(12-14-22)26-19-38-30(34-26)35-28(36)27(21-7-3-1-4-8-21)39-25-17-15-24(16-18-25)33-29(37)32-23-9-5-2-6-10-23/h1-19,27H,(H2,32,33,37)(H,34,35,36). The molecule has 0 saturated carbocycles. The highest BCUT2D eigenvalue weighted by atomic mass is 79.9. The number of thiazole rings is 1. The first-order valence-corrected chi connectivity index (χ1v) is 14.6. The molecule has 0 saturated heterocycles. The maximum atomic E-state index is 13.5. The first-order valence-electron chi connectivity index (χ1n) is 12.0. The lowest BCUT2D eigenvalue weighted by atomic mass is 10.1. The Hall–Kier alpha value is -3.92. The molecule has 6 nitrogen and oxygen atoms in total. The van der Waals surface area contributed by atoms with Crippen molar-refractivity contribution in [2.45, 2.75) is 10.1 Å². The number of anilines is 3. The van der Waals surface area contributed by atoms with Gasteiger partial charge in [0, 0.05) is 31.7 Å². The van der Waals surface area contributed by atoms with Gasteiger partial charge in [0.05, 0.1) is 5.69 Å². The average molecular weight is 616 g/mol. The summed E-state index contributed by atoms with van der Waals surface area (Å²) >= 11 is 6.28. The van der Waals surface area contributed by atoms with Gasteiger partial charge >= 0.3 is 6.03 Å². The minimum absolute atomic E-state index is 0.160. The molecule has 1 aromatic heterocycles. The highest BCUT2D eigenvalue weighted by Crippen LogP contribution is 2.37. The number of benzene rings is 4. The van der Waals surface area contributed by atoms with Crippen LogP contribution in [0.4, 0.5) is 21.3 Å². The Labute approximate surface area is 243 Å². The number of nitrogens with one attached hydrogen (secondary N) is 3. The van der Waals surface area contributed by atoms with E-state index in [0.717, 1.165) is 26.2 Å². The van der Waals surface area contributed by atoms with Crippen molar-refractivity contribution in [2.24, 2.45) is 0 Å². The van der Waals surface area contributed by atoms with E-state index < -0.39 is 5.25 Å². The van der Waals surface area contributed by atoms with Crippen molar-refractivity contribution >= 4 is 67.5 Å². The van der Waals surface area contributed by atoms with Crippen LogP contribution >= 0.6 is 39.0 Å². The summed E-state index contributed by atoms with van der Waals surface area (Å²) in [4.78, 5) is 31.3. The lowest BCUT2D eigenvalue weighted by molar-refractivity contribution is -0.115. The molecule has 4 aromatic carbocycles. The molecule has 1 heterocycles. The van der Waals surface area contributed by atoms with E-state index >= 15 is 0 Å². The molecule has 1 unspecified atom stereocenters. The van der Waals surface area contributed by atoms with Crippen molar-refractivity contribution in [1.29, 1.82) is 0 Å². The summed E-state index contributed by atoms with van der Waals surface area (Å²) in [6.45, 7) is 0. The number of amides is 3. The Morgan fingerprint density at radius 2 is 1.36 bits per heavy atom. The Bertz CT molecular complexity index is 1540. The third kappa shape index (κ3) is 7.35. The maximum Gasteiger partial charge on any atom is 0.323 e. The van der Waals surface area contributed by atoms with Gasteiger partial charge < -0.3 is 16.0 Å². The van der Waals surface area contributed by atoms with E-state index in [0.29, 0.717) is 16.5 Å². The van der Waals surface area contributed by atoms with Crippen LogP contribution in [0, 0.1) is 0 Å². The van der Waals surface area contributed by atoms with E-state index in [1.165, 1.54) is 23.1 Å². The molecule has 3 N–H and O–H groups in total. The molecular weight excluding hydrogens is 592 g/mol. The molecule has 194 valence electrons. The second-order valence-electron chi connectivity index (χ2n) is 8.41. The van der Waals surface area contributed by atoms with Crippen molar-refractivity contribution in [3.63, 3.8) is 0 Å². The summed E-state index contributed by atoms with van der Waals surface area (Å²) in [5, 5.41) is 10.6. The average Bonchev–Trinajstić information content (AvgIpc) is 3.42. The van der Waals surface area contributed by atoms with Gasteiger partial charge in [-0.25, -0.2) is 9.78 Å². The number of nitrogens with zero attached hydrogens (tertiary/aromatic N) is 1. The van der Waals surface area contributed by atoms with Crippen LogP contribution in [-0.2, 0) is 4.79 Å². The highest BCUT2D eigenvalue weighted by Gasteiger charge is 2.23. The van der Waals surface area contributed by atoms with Crippen LogP contribution in [0.5, 0.6) is 0 Å². The Kier molecular flexibility index (Phi) is 8.72. The summed E-state index contributed by atoms with van der Waals surface area (Å²) in [6.07, 6.45) is 0. The van der Waals surface area contributed by atoms with E-state index in [1.807, 2.05) is 115 Å². The van der Waals surface area contributed by atoms with Crippen molar-refractivity contribution in [3.8, 4) is 11.3 Å². The first kappa shape index (κ1) is 26.7. The van der Waals surface area contributed by atoms with Crippen LogP contribution in [0.2, 0.25) is 0 Å². The molecular formula is C30H23BrN4O2S2. The Morgan fingerprint density at radius 3 is 2.03 bits per heavy atom. The smallest absolute Gasteiger partial charge is 0.308 e. The molecule has 0 aliphatic rings. The number of para-hydroxylation sites is 1. The third-order valence-corrected chi connectivity index (χ3v) is 8.17. The molecule has 1 atom stereocenters. The predicted octanol–water partition coefficient (Wildman–Crippen LogP) is 8.69. The van der Waals surface area contributed by atoms with Crippen molar-refractivity contribution < 1.29 is 9.59 Å². The lowest BCUT2D eigenvalue weighted by Crippen LogP contribution is -2.19. The summed E-state index contributed by atoms with van der Waals surface area (Å²) in [7, 11) is 0. The molecule has 0 fully saturated rings. The van der Waals surface area contributed by atoms with Crippen LogP contribution in [0.1, 0.15) is 10.8 Å². The fraction of sp³-hybridized carbons (Fsp3) is 0.0333. The fourth-order valence-corrected chi connectivity index (χ4v) is 5.74. The molecule has 5 aromatic rings. The van der Waals surface area contributed by atoms with Crippen molar-refractivity contribution in [2.75, 3.05) is 16.0 Å². The van der Waals surface area contributed by atoms with Crippen LogP contribution in [0.25, 0.3) is 11.3 Å². The SMILES string of the molecule is O=C(Nc1ccccc1)Nc1ccc(SC(C(=O)Nc2nc(-c3ccc(Br)cc3)cs2)c2ccccc2)cc1. The molecule has 0 aliphatic heterocycles. The van der Waals surface area contributed by atoms with E-state index in [9.17, 15) is 9.59 Å². The van der Waals surface area contributed by atoms with Crippen LogP contribution < -0.4 is 16.0 Å². The van der Waals surface area contributed by atoms with Gasteiger partial charge in [0.2, 0.25) is 5.91 Å². The van der Waals surface area contributed by atoms with Crippen molar-refractivity contribution in [1.82, 2.24) is 4.98 Å². The number of hydrogen-bond donors (Lipinski definition) is 3. The fourth-order valence-electron chi connectivity index (χ4n) is 3.72. The van der Waals surface area contributed by atoms with Gasteiger partial charge in [0.25, 0.3) is 0 Å². The second kappa shape index (κ2) is 12.8. The lowest BCUT2D eigenvalue weighted by Gasteiger charge is -2.16. The largest absolute Gasteiger partial charge is 0.323 e. The maximum absolute atomic E-state index is 13.5. The Balaban J connectivity index is 1.26. The second-order valence-corrected chi connectivity index (χ2v) is 11.4. The number of halogens is 1. The third-order valence-electron chi connectivity index (χ3n) is 5.61. The molecule has 0 aliphatic carbocycles. The highest BCUT2D eigenvalue weighted by molar-refractivity contribution is 9.10. The molecule has 0 spiro atoms. The molecule has 0 radical (unpaired) electrons. The van der Waals surface area contributed by atoms with Gasteiger partial charge in [0.1, 0.15) is 5.25 Å². The number of aromatic nitrogens is 1. The summed E-state index contributed by atoms with van der Waals surface area (Å²) in [6, 6.07) is 33.9. The first-order chi connectivity index (χ1) is 19.0. The minimum Gasteiger partial charge on any atom is -0.308 e. The van der Waals surface area contributed by atoms with E-state index in [1.54, 1.807) is 0 Å². The van der Waals surface area contributed by atoms with Gasteiger partial charge in [-0.05, 0) is 54.1 Å². The van der Waals surface area contributed by atoms with Gasteiger partial charge in [-0.15, -0.1) is 23.1 Å². The summed E-state index contributed by atoms with van der Waals surface area (Å²) in [5.74, 6) is -0.160. The molecule has 0 bridgehead atoms. The molecule has 3 amide bonds. The molecule has 5 rings (SSSR count). The number of urea groups is 1. The van der Waals surface area contributed by atoms with Gasteiger partial charge in [-0.2, -0.15) is 0 Å². The van der Waals surface area contributed by atoms with E-state index in [2.05, 4.69) is 36.9 Å². The zero-order valence-corrected chi connectivity index (χ0v) is 23.7. The van der Waals surface area contributed by atoms with Crippen LogP contribution in [0.15, 0.2) is 124 Å². The number of carbonyl (C=O) groups is 2. The van der Waals surface area contributed by atoms with E-state index in [4.69, 9.17) is 0 Å². The van der Waals surface area contributed by atoms with Crippen molar-refractivity contribution in [3.05, 3.63) is 125 Å². The van der Waals surface area contributed by atoms with Gasteiger partial charge in [-0.1, -0.05) is 76.6 Å². The number of thioether (sulfide) groups is 1. The summed E-state index contributed by atoms with van der Waals surface area (Å²) in [5.41, 5.74) is 4.04. The molecule has 39 heavy (non-hydrogen) atoms. The number of rotatable bonds is 8. The van der Waals surface area contributed by atoms with Gasteiger partial charge in [0.15, 0.2) is 5.13 Å². The molecule has 9 heteroatoms. The predicted molar refractivity (Wildman–Crippen MR) is 164 cm³/mol. The van der Waals surface area contributed by atoms with E-state index in [-0.39, 0.29) is 11.9 Å². The van der Waals surface area contributed by atoms with Crippen LogP contribution in [-0.4, -0.2) is 16.9 Å². The van der Waals surface area contributed by atoms with Crippen LogP contribution in [0.3, 0.4) is 0 Å². The topological polar surface area (TPSA) is 83.1 Å². The minimum atomic E-state index is -0.494. The zero-order chi connectivity index (χ0) is 27.0. The Morgan fingerprint density at radius 1 is 0.744 bits per heavy atom. The quantitative estimate of drug-likeness (QED) is 0.153. The zero-order valence-electron chi connectivity index (χ0n) is 20.5.